The van der Waals surface area contributed by atoms with Crippen LogP contribution in [-0.4, -0.2) is 12.8 Å². The van der Waals surface area contributed by atoms with Crippen molar-refractivity contribution in [3.8, 4) is 0 Å². The average Bonchev–Trinajstić information content (AvgIpc) is 2.49. The number of nitrogens with one attached hydrogen (secondary N) is 1. The molecule has 2 aromatic rings. The summed E-state index contributed by atoms with van der Waals surface area (Å²) in [6.07, 6.45) is 2.08. The summed E-state index contributed by atoms with van der Waals surface area (Å²) >= 11 is 0. The van der Waals surface area contributed by atoms with Crippen LogP contribution in [0, 0.1) is 13.8 Å². The minimum Gasteiger partial charge on any atom is -0.359 e. The normalized spacial score (nSPS) is 12.4. The van der Waals surface area contributed by atoms with Crippen LogP contribution in [0.1, 0.15) is 23.6 Å². The van der Waals surface area contributed by atoms with Crippen molar-refractivity contribution in [1.82, 2.24) is 0 Å². The number of nitrogens with zero attached hydrogens (tertiary/aromatic N) is 1. The Morgan fingerprint density at radius 1 is 0.952 bits per heavy atom. The van der Waals surface area contributed by atoms with E-state index in [4.69, 9.17) is 0 Å². The van der Waals surface area contributed by atoms with Gasteiger partial charge in [0.25, 0.3) is 0 Å². The van der Waals surface area contributed by atoms with E-state index in [2.05, 4.69) is 67.5 Å². The van der Waals surface area contributed by atoms with Crippen LogP contribution in [0.25, 0.3) is 0 Å². The molecule has 2 nitrogen and oxygen atoms in total. The molecule has 0 aromatic heterocycles. The van der Waals surface area contributed by atoms with Crippen molar-refractivity contribution in [2.75, 3.05) is 12.4 Å². The Morgan fingerprint density at radius 2 is 1.57 bits per heavy atom. The smallest absolute Gasteiger partial charge is 0.0660 e. The van der Waals surface area contributed by atoms with Crippen molar-refractivity contribution in [2.24, 2.45) is 4.99 Å². The number of allylic oxidation sites excluding steroid dienone is 2. The van der Waals surface area contributed by atoms with Crippen LogP contribution in [0.3, 0.4) is 0 Å². The quantitative estimate of drug-likeness (QED) is 0.803. The molecule has 0 unspecified atom stereocenters. The molecule has 0 atom stereocenters. The number of anilines is 1. The third-order valence-corrected chi connectivity index (χ3v) is 3.47. The van der Waals surface area contributed by atoms with Crippen LogP contribution in [0.5, 0.6) is 0 Å². The second kappa shape index (κ2) is 6.89. The lowest BCUT2D eigenvalue weighted by Gasteiger charge is -2.13. The molecule has 0 bridgehead atoms. The second-order valence-corrected chi connectivity index (χ2v) is 5.19. The van der Waals surface area contributed by atoms with Crippen LogP contribution >= 0.6 is 0 Å². The number of aliphatic imine (C=N–C) groups is 1. The standard InChI is InChI=1S/C19H22N2/c1-14-9-8-10-15(2)19(14)21-16(3)13-18(20-4)17-11-6-5-7-12-17/h5-13,21H,1-4H3. The first-order valence-electron chi connectivity index (χ1n) is 7.15. The third-order valence-electron chi connectivity index (χ3n) is 3.47. The molecule has 0 spiro atoms. The SMILES string of the molecule is CN=C(C=C(C)Nc1c(C)cccc1C)c1ccccc1. The van der Waals surface area contributed by atoms with Crippen molar-refractivity contribution < 1.29 is 0 Å². The molecule has 21 heavy (non-hydrogen) atoms. The highest BCUT2D eigenvalue weighted by atomic mass is 14.9. The summed E-state index contributed by atoms with van der Waals surface area (Å²) in [6.45, 7) is 6.31. The Hall–Kier alpha value is -2.35. The Bertz CT molecular complexity index is 647. The predicted octanol–water partition coefficient (Wildman–Crippen LogP) is 4.74. The van der Waals surface area contributed by atoms with Gasteiger partial charge in [-0.1, -0.05) is 48.5 Å². The fourth-order valence-electron chi connectivity index (χ4n) is 2.34. The van der Waals surface area contributed by atoms with Gasteiger partial charge >= 0.3 is 0 Å². The largest absolute Gasteiger partial charge is 0.359 e. The fourth-order valence-corrected chi connectivity index (χ4v) is 2.34. The van der Waals surface area contributed by atoms with Gasteiger partial charge in [0.1, 0.15) is 0 Å². The van der Waals surface area contributed by atoms with Crippen LogP contribution in [0.2, 0.25) is 0 Å². The van der Waals surface area contributed by atoms with Gasteiger partial charge in [-0.3, -0.25) is 4.99 Å². The molecular weight excluding hydrogens is 256 g/mol. The first-order valence-corrected chi connectivity index (χ1v) is 7.15. The van der Waals surface area contributed by atoms with E-state index in [-0.39, 0.29) is 0 Å². The van der Waals surface area contributed by atoms with E-state index in [0.29, 0.717) is 0 Å². The molecule has 0 saturated carbocycles. The van der Waals surface area contributed by atoms with E-state index in [9.17, 15) is 0 Å². The number of hydrogen-bond acceptors (Lipinski definition) is 2. The number of benzene rings is 2. The highest BCUT2D eigenvalue weighted by Crippen LogP contribution is 2.21. The zero-order chi connectivity index (χ0) is 15.2. The van der Waals surface area contributed by atoms with Crippen molar-refractivity contribution in [2.45, 2.75) is 20.8 Å². The van der Waals surface area contributed by atoms with E-state index >= 15 is 0 Å². The number of para-hydroxylation sites is 1. The molecule has 2 heteroatoms. The van der Waals surface area contributed by atoms with E-state index in [1.54, 1.807) is 0 Å². The summed E-state index contributed by atoms with van der Waals surface area (Å²) in [7, 11) is 1.82. The van der Waals surface area contributed by atoms with Gasteiger partial charge < -0.3 is 5.32 Å². The van der Waals surface area contributed by atoms with E-state index < -0.39 is 0 Å². The van der Waals surface area contributed by atoms with E-state index in [1.165, 1.54) is 16.8 Å². The monoisotopic (exact) mass is 278 g/mol. The van der Waals surface area contributed by atoms with Crippen LogP contribution in [-0.2, 0) is 0 Å². The molecule has 1 N–H and O–H groups in total. The minimum atomic E-state index is 0.979. The third kappa shape index (κ3) is 3.82. The molecule has 0 radical (unpaired) electrons. The number of aryl methyl sites for hydroxylation is 2. The predicted molar refractivity (Wildman–Crippen MR) is 92.2 cm³/mol. The van der Waals surface area contributed by atoms with Gasteiger partial charge in [-0.05, 0) is 43.5 Å². The molecule has 0 aliphatic heterocycles. The van der Waals surface area contributed by atoms with Crippen LogP contribution < -0.4 is 5.32 Å². The van der Waals surface area contributed by atoms with E-state index in [0.717, 1.165) is 17.0 Å². The van der Waals surface area contributed by atoms with Crippen molar-refractivity contribution in [3.63, 3.8) is 0 Å². The lowest BCUT2D eigenvalue weighted by molar-refractivity contribution is 1.30. The minimum absolute atomic E-state index is 0.979. The Labute approximate surface area is 127 Å². The molecule has 2 aromatic carbocycles. The fraction of sp³-hybridized carbons (Fsp3) is 0.211. The second-order valence-electron chi connectivity index (χ2n) is 5.19. The van der Waals surface area contributed by atoms with Gasteiger partial charge in [0.15, 0.2) is 0 Å². The summed E-state index contributed by atoms with van der Waals surface area (Å²) in [5.41, 5.74) is 6.86. The van der Waals surface area contributed by atoms with Gasteiger partial charge in [-0.25, -0.2) is 0 Å². The van der Waals surface area contributed by atoms with E-state index in [1.807, 2.05) is 25.2 Å². The molecule has 0 aliphatic carbocycles. The molecule has 108 valence electrons. The first-order chi connectivity index (χ1) is 10.1. The molecule has 2 rings (SSSR count). The Morgan fingerprint density at radius 3 is 2.14 bits per heavy atom. The molecule has 0 saturated heterocycles. The summed E-state index contributed by atoms with van der Waals surface area (Å²) in [5, 5.41) is 3.49. The van der Waals surface area contributed by atoms with Crippen molar-refractivity contribution in [1.29, 1.82) is 0 Å². The van der Waals surface area contributed by atoms with Crippen LogP contribution in [0.4, 0.5) is 5.69 Å². The maximum atomic E-state index is 4.39. The lowest BCUT2D eigenvalue weighted by Crippen LogP contribution is -2.04. The van der Waals surface area contributed by atoms with Crippen molar-refractivity contribution >= 4 is 11.4 Å². The topological polar surface area (TPSA) is 24.4 Å². The van der Waals surface area contributed by atoms with Gasteiger partial charge in [-0.15, -0.1) is 0 Å². The molecule has 0 amide bonds. The zero-order valence-electron chi connectivity index (χ0n) is 13.1. The van der Waals surface area contributed by atoms with Crippen molar-refractivity contribution in [3.05, 3.63) is 77.0 Å². The van der Waals surface area contributed by atoms with Gasteiger partial charge in [-0.2, -0.15) is 0 Å². The number of rotatable bonds is 4. The molecule has 0 fully saturated rings. The summed E-state index contributed by atoms with van der Waals surface area (Å²) in [6, 6.07) is 16.5. The summed E-state index contributed by atoms with van der Waals surface area (Å²) in [5.74, 6) is 0. The zero-order valence-corrected chi connectivity index (χ0v) is 13.1. The Kier molecular flexibility index (Phi) is 4.94. The lowest BCUT2D eigenvalue weighted by atomic mass is 10.1. The maximum Gasteiger partial charge on any atom is 0.0660 e. The molecule has 0 heterocycles. The summed E-state index contributed by atoms with van der Waals surface area (Å²) < 4.78 is 0. The van der Waals surface area contributed by atoms with Gasteiger partial charge in [0, 0.05) is 18.4 Å². The maximum absolute atomic E-state index is 4.39. The van der Waals surface area contributed by atoms with Gasteiger partial charge in [0.2, 0.25) is 0 Å². The molecule has 0 aliphatic rings. The first kappa shape index (κ1) is 15.0. The highest BCUT2D eigenvalue weighted by Gasteiger charge is 2.04. The van der Waals surface area contributed by atoms with Gasteiger partial charge in [0.05, 0.1) is 5.71 Å². The summed E-state index contributed by atoms with van der Waals surface area (Å²) in [4.78, 5) is 4.39. The molecular formula is C19H22N2. The van der Waals surface area contributed by atoms with Crippen LogP contribution in [0.15, 0.2) is 65.3 Å². The average molecular weight is 278 g/mol. The highest BCUT2D eigenvalue weighted by molar-refractivity contribution is 6.09. The Balaban J connectivity index is 2.25. The number of hydrogen-bond donors (Lipinski definition) is 1.